The lowest BCUT2D eigenvalue weighted by Gasteiger charge is -2.17. The number of nitrogens with one attached hydrogen (secondary N) is 1. The number of aryl methyl sites for hydroxylation is 1. The number of hydrogen-bond acceptors (Lipinski definition) is 3. The predicted molar refractivity (Wildman–Crippen MR) is 70.6 cm³/mol. The molecule has 4 nitrogen and oxygen atoms in total. The lowest BCUT2D eigenvalue weighted by atomic mass is 10.1. The quantitative estimate of drug-likeness (QED) is 0.296. The maximum atomic E-state index is 13.7. The first kappa shape index (κ1) is 17.0. The fourth-order valence-electron chi connectivity index (χ4n) is 1.57. The number of para-hydroxylation sites is 1. The van der Waals surface area contributed by atoms with Crippen LogP contribution in [-0.4, -0.2) is 24.1 Å². The smallest absolute Gasteiger partial charge is 0.322 e. The van der Waals surface area contributed by atoms with Gasteiger partial charge in [0, 0.05) is 12.7 Å². The zero-order chi connectivity index (χ0) is 16.2. The molecular formula is C13H15F4N3O. The number of hydrogen-bond donors (Lipinski definition) is 2. The molecule has 0 aliphatic heterocycles. The molecule has 1 amide bonds. The van der Waals surface area contributed by atoms with E-state index in [4.69, 9.17) is 5.84 Å². The molecule has 0 aliphatic carbocycles. The molecule has 1 aromatic carbocycles. The Hall–Kier alpha value is -2.09. The normalized spacial score (nSPS) is 12.7. The molecule has 116 valence electrons. The van der Waals surface area contributed by atoms with Gasteiger partial charge >= 0.3 is 6.18 Å². The highest BCUT2D eigenvalue weighted by Crippen LogP contribution is 2.28. The van der Waals surface area contributed by atoms with Crippen molar-refractivity contribution in [3.63, 3.8) is 0 Å². The molecule has 0 heterocycles. The third kappa shape index (κ3) is 5.07. The molecular weight excluding hydrogens is 290 g/mol. The van der Waals surface area contributed by atoms with Crippen LogP contribution in [0.15, 0.2) is 35.8 Å². The Bertz CT molecular complexity index is 553. The van der Waals surface area contributed by atoms with Crippen molar-refractivity contribution in [1.82, 2.24) is 5.01 Å². The van der Waals surface area contributed by atoms with Crippen LogP contribution >= 0.6 is 0 Å². The fraction of sp³-hybridized carbons (Fsp3) is 0.308. The van der Waals surface area contributed by atoms with Crippen molar-refractivity contribution in [1.29, 1.82) is 0 Å². The number of halogens is 4. The van der Waals surface area contributed by atoms with Crippen molar-refractivity contribution < 1.29 is 22.4 Å². The van der Waals surface area contributed by atoms with Crippen molar-refractivity contribution in [3.05, 3.63) is 41.4 Å². The van der Waals surface area contributed by atoms with Crippen LogP contribution in [0, 0.1) is 6.92 Å². The van der Waals surface area contributed by atoms with Crippen molar-refractivity contribution in [2.45, 2.75) is 19.5 Å². The van der Waals surface area contributed by atoms with E-state index in [9.17, 15) is 22.4 Å². The first-order valence-electron chi connectivity index (χ1n) is 5.92. The van der Waals surface area contributed by atoms with E-state index < -0.39 is 30.0 Å². The summed E-state index contributed by atoms with van der Waals surface area (Å²) >= 11 is 0. The summed E-state index contributed by atoms with van der Waals surface area (Å²) in [6, 6.07) is 6.46. The summed E-state index contributed by atoms with van der Waals surface area (Å²) in [5, 5.41) is 2.58. The predicted octanol–water partition coefficient (Wildman–Crippen LogP) is 2.87. The van der Waals surface area contributed by atoms with Gasteiger partial charge in [0.15, 0.2) is 0 Å². The van der Waals surface area contributed by atoms with Crippen molar-refractivity contribution >= 4 is 11.6 Å². The zero-order valence-corrected chi connectivity index (χ0v) is 11.5. The highest BCUT2D eigenvalue weighted by molar-refractivity contribution is 6.04. The monoisotopic (exact) mass is 305 g/mol. The average Bonchev–Trinajstić information content (AvgIpc) is 2.36. The van der Waals surface area contributed by atoms with Crippen molar-refractivity contribution in [2.75, 3.05) is 12.4 Å². The minimum Gasteiger partial charge on any atom is -0.322 e. The van der Waals surface area contributed by atoms with Gasteiger partial charge in [-0.1, -0.05) is 18.2 Å². The molecule has 0 saturated heterocycles. The number of rotatable bonds is 4. The van der Waals surface area contributed by atoms with Gasteiger partial charge in [-0.25, -0.2) is 5.84 Å². The number of alkyl halides is 3. The lowest BCUT2D eigenvalue weighted by Crippen LogP contribution is -2.29. The van der Waals surface area contributed by atoms with E-state index >= 15 is 0 Å². The van der Waals surface area contributed by atoms with E-state index in [0.29, 0.717) is 16.3 Å². The second-order valence-electron chi connectivity index (χ2n) is 4.44. The number of nitrogens with zero attached hydrogens (tertiary/aromatic N) is 1. The molecule has 0 aromatic heterocycles. The van der Waals surface area contributed by atoms with Gasteiger partial charge in [-0.3, -0.25) is 9.80 Å². The maximum absolute atomic E-state index is 13.7. The summed E-state index contributed by atoms with van der Waals surface area (Å²) in [6.07, 6.45) is -6.44. The first-order valence-corrected chi connectivity index (χ1v) is 5.92. The number of nitrogens with two attached hydrogens (primary N) is 1. The van der Waals surface area contributed by atoms with E-state index in [1.54, 1.807) is 25.1 Å². The van der Waals surface area contributed by atoms with Gasteiger partial charge < -0.3 is 5.32 Å². The first-order chi connectivity index (χ1) is 9.61. The van der Waals surface area contributed by atoms with E-state index in [0.717, 1.165) is 7.05 Å². The molecule has 0 atom stereocenters. The van der Waals surface area contributed by atoms with Crippen molar-refractivity contribution in [3.8, 4) is 0 Å². The topological polar surface area (TPSA) is 58.4 Å². The summed E-state index contributed by atoms with van der Waals surface area (Å²) in [4.78, 5) is 11.9. The summed E-state index contributed by atoms with van der Waals surface area (Å²) in [7, 11) is 1.01. The second kappa shape index (κ2) is 6.57. The molecule has 8 heteroatoms. The minimum absolute atomic E-state index is 0.301. The Morgan fingerprint density at radius 1 is 1.33 bits per heavy atom. The van der Waals surface area contributed by atoms with Gasteiger partial charge in [0.2, 0.25) is 5.95 Å². The van der Waals surface area contributed by atoms with Crippen LogP contribution in [-0.2, 0) is 4.79 Å². The Morgan fingerprint density at radius 2 is 1.90 bits per heavy atom. The van der Waals surface area contributed by atoms with Crippen LogP contribution in [0.1, 0.15) is 12.0 Å². The molecule has 0 aliphatic rings. The summed E-state index contributed by atoms with van der Waals surface area (Å²) in [6.45, 7) is 1.66. The molecule has 0 radical (unpaired) electrons. The van der Waals surface area contributed by atoms with Crippen LogP contribution < -0.4 is 11.2 Å². The summed E-state index contributed by atoms with van der Waals surface area (Å²) in [5.74, 6) is 2.45. The Balaban J connectivity index is 3.07. The van der Waals surface area contributed by atoms with Crippen LogP contribution in [0.25, 0.3) is 0 Å². The highest BCUT2D eigenvalue weighted by Gasteiger charge is 2.34. The maximum Gasteiger partial charge on any atom is 0.393 e. The third-order valence-electron chi connectivity index (χ3n) is 2.60. The Labute approximate surface area is 119 Å². The SMILES string of the molecule is Cc1ccccc1NC(=O)/C(CC(F)(F)F)=C(\F)N(C)N. The number of amides is 1. The Morgan fingerprint density at radius 3 is 2.38 bits per heavy atom. The fourth-order valence-corrected chi connectivity index (χ4v) is 1.57. The van der Waals surface area contributed by atoms with Crippen LogP contribution in [0.4, 0.5) is 23.2 Å². The van der Waals surface area contributed by atoms with Gasteiger partial charge in [-0.05, 0) is 18.6 Å². The van der Waals surface area contributed by atoms with Crippen LogP contribution in [0.3, 0.4) is 0 Å². The minimum atomic E-state index is -4.73. The van der Waals surface area contributed by atoms with E-state index in [-0.39, 0.29) is 0 Å². The van der Waals surface area contributed by atoms with Crippen molar-refractivity contribution in [2.24, 2.45) is 5.84 Å². The lowest BCUT2D eigenvalue weighted by molar-refractivity contribution is -0.133. The Kier molecular flexibility index (Phi) is 5.31. The van der Waals surface area contributed by atoms with Crippen LogP contribution in [0.5, 0.6) is 0 Å². The number of carbonyl (C=O) groups is 1. The molecule has 0 fully saturated rings. The molecule has 21 heavy (non-hydrogen) atoms. The number of benzene rings is 1. The zero-order valence-electron chi connectivity index (χ0n) is 11.5. The average molecular weight is 305 g/mol. The second-order valence-corrected chi connectivity index (χ2v) is 4.44. The third-order valence-corrected chi connectivity index (χ3v) is 2.60. The van der Waals surface area contributed by atoms with Gasteiger partial charge in [0.25, 0.3) is 5.91 Å². The highest BCUT2D eigenvalue weighted by atomic mass is 19.4. The van der Waals surface area contributed by atoms with Gasteiger partial charge in [0.1, 0.15) is 0 Å². The number of carbonyl (C=O) groups excluding carboxylic acids is 1. The van der Waals surface area contributed by atoms with E-state index in [2.05, 4.69) is 5.32 Å². The van der Waals surface area contributed by atoms with Crippen LogP contribution in [0.2, 0.25) is 0 Å². The number of hydrazine groups is 1. The van der Waals surface area contributed by atoms with Gasteiger partial charge in [-0.15, -0.1) is 0 Å². The molecule has 0 saturated carbocycles. The number of anilines is 1. The van der Waals surface area contributed by atoms with E-state index in [1.165, 1.54) is 6.07 Å². The molecule has 0 bridgehead atoms. The largest absolute Gasteiger partial charge is 0.393 e. The summed E-state index contributed by atoms with van der Waals surface area (Å²) in [5.41, 5.74) is -0.135. The van der Waals surface area contributed by atoms with E-state index in [1.807, 2.05) is 0 Å². The molecule has 0 unspecified atom stereocenters. The summed E-state index contributed by atoms with van der Waals surface area (Å²) < 4.78 is 51.1. The molecule has 1 rings (SSSR count). The standard InChI is InChI=1S/C13H15F4N3O/c1-8-5-3-4-6-10(8)19-12(21)9(7-13(15,16)17)11(14)20(2)18/h3-6H,7,18H2,1-2H3,(H,19,21)/b11-9+. The van der Waals surface area contributed by atoms with Gasteiger partial charge in [0.05, 0.1) is 12.0 Å². The molecule has 0 spiro atoms. The van der Waals surface area contributed by atoms with Gasteiger partial charge in [-0.2, -0.15) is 17.6 Å². The molecule has 3 N–H and O–H groups in total. The molecule has 1 aromatic rings.